The SMILES string of the molecule is CN1CC[C@@H]2CC[C@H](C1)N2C(=O)c1conc1C1(C)COC1. The molecule has 6 heteroatoms. The molecular formula is C16H23N3O3. The van der Waals surface area contributed by atoms with Gasteiger partial charge in [-0.1, -0.05) is 5.16 Å². The highest BCUT2D eigenvalue weighted by molar-refractivity contribution is 5.96. The number of hydrogen-bond acceptors (Lipinski definition) is 5. The van der Waals surface area contributed by atoms with E-state index in [9.17, 15) is 4.79 Å². The Hall–Kier alpha value is -1.40. The summed E-state index contributed by atoms with van der Waals surface area (Å²) in [6.07, 6.45) is 4.79. The number of likely N-dealkylation sites (tertiary alicyclic amines) is 1. The fourth-order valence-electron chi connectivity index (χ4n) is 4.08. The Balaban J connectivity index is 1.64. The fourth-order valence-corrected chi connectivity index (χ4v) is 4.08. The summed E-state index contributed by atoms with van der Waals surface area (Å²) >= 11 is 0. The van der Waals surface area contributed by atoms with E-state index in [0.717, 1.165) is 38.0 Å². The van der Waals surface area contributed by atoms with Crippen molar-refractivity contribution in [2.75, 3.05) is 33.4 Å². The standard InChI is InChI=1S/C16H23N3O3/c1-16(9-21-10-16)14-13(8-22-17-14)15(20)19-11-3-4-12(19)7-18(2)6-5-11/h8,11-12H,3-7,9-10H2,1-2H3/t11-,12+/m0/s1. The van der Waals surface area contributed by atoms with Gasteiger partial charge in [-0.2, -0.15) is 0 Å². The molecule has 0 aromatic carbocycles. The van der Waals surface area contributed by atoms with Gasteiger partial charge in [-0.15, -0.1) is 0 Å². The number of amides is 1. The molecule has 0 N–H and O–H groups in total. The van der Waals surface area contributed by atoms with Gasteiger partial charge in [0.15, 0.2) is 0 Å². The number of nitrogens with zero attached hydrogens (tertiary/aromatic N) is 3. The van der Waals surface area contributed by atoms with Gasteiger partial charge < -0.3 is 19.1 Å². The predicted molar refractivity (Wildman–Crippen MR) is 79.8 cm³/mol. The van der Waals surface area contributed by atoms with E-state index < -0.39 is 0 Å². The third kappa shape index (κ3) is 2.08. The van der Waals surface area contributed by atoms with Crippen LogP contribution in [0.4, 0.5) is 0 Å². The minimum absolute atomic E-state index is 0.0900. The maximum absolute atomic E-state index is 13.2. The van der Waals surface area contributed by atoms with Crippen LogP contribution in [0.2, 0.25) is 0 Å². The van der Waals surface area contributed by atoms with E-state index in [-0.39, 0.29) is 11.3 Å². The smallest absolute Gasteiger partial charge is 0.259 e. The van der Waals surface area contributed by atoms with Crippen LogP contribution in [0.5, 0.6) is 0 Å². The Kier molecular flexibility index (Phi) is 3.27. The number of aromatic nitrogens is 1. The Bertz CT molecular complexity index is 581. The van der Waals surface area contributed by atoms with Gasteiger partial charge in [-0.3, -0.25) is 4.79 Å². The summed E-state index contributed by atoms with van der Waals surface area (Å²) in [5, 5.41) is 4.12. The molecule has 2 atom stereocenters. The average Bonchev–Trinajstić information content (AvgIpc) is 3.04. The molecular weight excluding hydrogens is 282 g/mol. The van der Waals surface area contributed by atoms with E-state index in [0.29, 0.717) is 30.9 Å². The molecule has 1 aromatic rings. The lowest BCUT2D eigenvalue weighted by molar-refractivity contribution is -0.0535. The van der Waals surface area contributed by atoms with E-state index in [1.165, 1.54) is 6.26 Å². The van der Waals surface area contributed by atoms with Gasteiger partial charge in [0.1, 0.15) is 17.5 Å². The summed E-state index contributed by atoms with van der Waals surface area (Å²) in [5.41, 5.74) is 1.22. The quantitative estimate of drug-likeness (QED) is 0.823. The largest absolute Gasteiger partial charge is 0.379 e. The normalized spacial score (nSPS) is 30.9. The number of carbonyl (C=O) groups excluding carboxylic acids is 1. The second-order valence-electron chi connectivity index (χ2n) is 7.28. The van der Waals surface area contributed by atoms with Crippen LogP contribution in [0.1, 0.15) is 42.2 Å². The van der Waals surface area contributed by atoms with E-state index in [1.807, 2.05) is 0 Å². The molecule has 1 amide bonds. The molecule has 0 radical (unpaired) electrons. The van der Waals surface area contributed by atoms with Gasteiger partial charge in [-0.05, 0) is 39.8 Å². The Morgan fingerprint density at radius 2 is 2.09 bits per heavy atom. The van der Waals surface area contributed by atoms with Gasteiger partial charge in [0.05, 0.1) is 18.6 Å². The van der Waals surface area contributed by atoms with E-state index in [4.69, 9.17) is 9.26 Å². The third-order valence-corrected chi connectivity index (χ3v) is 5.43. The van der Waals surface area contributed by atoms with Crippen LogP contribution in [-0.4, -0.2) is 66.3 Å². The lowest BCUT2D eigenvalue weighted by Crippen LogP contribution is -2.47. The molecule has 0 spiro atoms. The van der Waals surface area contributed by atoms with Crippen molar-refractivity contribution < 1.29 is 14.1 Å². The fraction of sp³-hybridized carbons (Fsp3) is 0.750. The van der Waals surface area contributed by atoms with Gasteiger partial charge in [0.25, 0.3) is 5.91 Å². The van der Waals surface area contributed by atoms with Crippen LogP contribution in [-0.2, 0) is 10.2 Å². The minimum atomic E-state index is -0.181. The lowest BCUT2D eigenvalue weighted by atomic mass is 9.82. The molecule has 4 rings (SSSR count). The van der Waals surface area contributed by atoms with Gasteiger partial charge in [-0.25, -0.2) is 0 Å². The van der Waals surface area contributed by atoms with Crippen LogP contribution in [0.25, 0.3) is 0 Å². The zero-order valence-electron chi connectivity index (χ0n) is 13.2. The second-order valence-corrected chi connectivity index (χ2v) is 7.28. The summed E-state index contributed by atoms with van der Waals surface area (Å²) in [6.45, 7) is 5.32. The molecule has 120 valence electrons. The van der Waals surface area contributed by atoms with Crippen LogP contribution in [0, 0.1) is 0 Å². The molecule has 0 unspecified atom stereocenters. The highest BCUT2D eigenvalue weighted by atomic mass is 16.5. The highest BCUT2D eigenvalue weighted by Gasteiger charge is 2.45. The monoisotopic (exact) mass is 305 g/mol. The molecule has 4 heterocycles. The molecule has 22 heavy (non-hydrogen) atoms. The molecule has 3 aliphatic heterocycles. The van der Waals surface area contributed by atoms with E-state index >= 15 is 0 Å². The van der Waals surface area contributed by atoms with Crippen molar-refractivity contribution in [2.24, 2.45) is 0 Å². The first-order valence-corrected chi connectivity index (χ1v) is 8.12. The molecule has 1 aromatic heterocycles. The van der Waals surface area contributed by atoms with Gasteiger partial charge >= 0.3 is 0 Å². The summed E-state index contributed by atoms with van der Waals surface area (Å²) in [4.78, 5) is 17.6. The van der Waals surface area contributed by atoms with Crippen molar-refractivity contribution in [3.05, 3.63) is 17.5 Å². The molecule has 2 bridgehead atoms. The maximum Gasteiger partial charge on any atom is 0.259 e. The number of likely N-dealkylation sites (N-methyl/N-ethyl adjacent to an activating group) is 1. The van der Waals surface area contributed by atoms with Crippen molar-refractivity contribution in [1.29, 1.82) is 0 Å². The van der Waals surface area contributed by atoms with Crippen LogP contribution >= 0.6 is 0 Å². The van der Waals surface area contributed by atoms with Gasteiger partial charge in [0, 0.05) is 18.6 Å². The third-order valence-electron chi connectivity index (χ3n) is 5.43. The van der Waals surface area contributed by atoms with Crippen molar-refractivity contribution in [3.8, 4) is 0 Å². The maximum atomic E-state index is 13.2. The molecule has 0 aliphatic carbocycles. The summed E-state index contributed by atoms with van der Waals surface area (Å²) < 4.78 is 10.5. The Morgan fingerprint density at radius 1 is 1.32 bits per heavy atom. The Morgan fingerprint density at radius 3 is 2.82 bits per heavy atom. The Labute approximate surface area is 130 Å². The van der Waals surface area contributed by atoms with Crippen LogP contribution in [0.3, 0.4) is 0 Å². The summed E-state index contributed by atoms with van der Waals surface area (Å²) in [6, 6.07) is 0.675. The number of hydrogen-bond donors (Lipinski definition) is 0. The first-order valence-electron chi connectivity index (χ1n) is 8.12. The summed E-state index contributed by atoms with van der Waals surface area (Å²) in [5.74, 6) is 0.0900. The lowest BCUT2D eigenvalue weighted by Gasteiger charge is -2.37. The zero-order valence-corrected chi connectivity index (χ0v) is 13.2. The molecule has 6 nitrogen and oxygen atoms in total. The van der Waals surface area contributed by atoms with Crippen molar-refractivity contribution in [3.63, 3.8) is 0 Å². The predicted octanol–water partition coefficient (Wildman–Crippen LogP) is 1.27. The first kappa shape index (κ1) is 14.2. The molecule has 3 aliphatic rings. The number of ether oxygens (including phenoxy) is 1. The molecule has 0 saturated carbocycles. The van der Waals surface area contributed by atoms with E-state index in [2.05, 4.69) is 28.9 Å². The van der Waals surface area contributed by atoms with Crippen molar-refractivity contribution in [2.45, 2.75) is 43.7 Å². The molecule has 3 fully saturated rings. The van der Waals surface area contributed by atoms with E-state index in [1.54, 1.807) is 0 Å². The second kappa shape index (κ2) is 5.06. The van der Waals surface area contributed by atoms with Crippen molar-refractivity contribution >= 4 is 5.91 Å². The number of rotatable bonds is 2. The highest BCUT2D eigenvalue weighted by Crippen LogP contribution is 2.36. The summed E-state index contributed by atoms with van der Waals surface area (Å²) in [7, 11) is 2.14. The molecule has 3 saturated heterocycles. The van der Waals surface area contributed by atoms with Crippen LogP contribution in [0.15, 0.2) is 10.8 Å². The van der Waals surface area contributed by atoms with Gasteiger partial charge in [0.2, 0.25) is 0 Å². The minimum Gasteiger partial charge on any atom is -0.379 e. The van der Waals surface area contributed by atoms with Crippen LogP contribution < -0.4 is 0 Å². The zero-order chi connectivity index (χ0) is 15.3. The number of fused-ring (bicyclic) bond motifs is 2. The first-order chi connectivity index (χ1) is 10.6. The van der Waals surface area contributed by atoms with Crippen molar-refractivity contribution in [1.82, 2.24) is 15.0 Å². The number of carbonyl (C=O) groups is 1. The average molecular weight is 305 g/mol. The topological polar surface area (TPSA) is 58.8 Å².